The van der Waals surface area contributed by atoms with Crippen LogP contribution >= 0.6 is 11.6 Å². The molecule has 1 fully saturated rings. The van der Waals surface area contributed by atoms with Crippen LogP contribution in [0.25, 0.3) is 0 Å². The van der Waals surface area contributed by atoms with E-state index in [2.05, 4.69) is 21.9 Å². The molecule has 0 spiro atoms. The molecular weight excluding hydrogens is 414 g/mol. The van der Waals surface area contributed by atoms with E-state index < -0.39 is 0 Å². The predicted molar refractivity (Wildman–Crippen MR) is 119 cm³/mol. The second-order valence-electron chi connectivity index (χ2n) is 7.98. The molecule has 0 atom stereocenters. The lowest BCUT2D eigenvalue weighted by molar-refractivity contribution is 0.0535. The second-order valence-corrected chi connectivity index (χ2v) is 8.36. The molecule has 0 aromatic heterocycles. The Labute approximate surface area is 187 Å². The highest BCUT2D eigenvalue weighted by molar-refractivity contribution is 6.33. The number of benzene rings is 2. The third-order valence-corrected chi connectivity index (χ3v) is 6.54. The van der Waals surface area contributed by atoms with Gasteiger partial charge in [-0.15, -0.1) is 0 Å². The average molecular weight is 440 g/mol. The van der Waals surface area contributed by atoms with Gasteiger partial charge in [0.15, 0.2) is 5.75 Å². The van der Waals surface area contributed by atoms with Crippen molar-refractivity contribution in [3.63, 3.8) is 0 Å². The molecule has 1 saturated heterocycles. The first-order valence-electron chi connectivity index (χ1n) is 10.6. The summed E-state index contributed by atoms with van der Waals surface area (Å²) in [5, 5.41) is 9.71. The molecule has 0 N–H and O–H groups in total. The van der Waals surface area contributed by atoms with Gasteiger partial charge in [-0.1, -0.05) is 29.8 Å². The summed E-state index contributed by atoms with van der Waals surface area (Å²) in [6.07, 6.45) is 1.80. The minimum atomic E-state index is -0.210. The van der Waals surface area contributed by atoms with Gasteiger partial charge in [-0.25, -0.2) is 4.79 Å². The van der Waals surface area contributed by atoms with Crippen molar-refractivity contribution in [2.45, 2.75) is 19.4 Å². The van der Waals surface area contributed by atoms with Crippen molar-refractivity contribution in [1.29, 1.82) is 5.26 Å². The molecule has 31 heavy (non-hydrogen) atoms. The van der Waals surface area contributed by atoms with Crippen molar-refractivity contribution < 1.29 is 14.3 Å². The standard InChI is InChI=1S/C24H26ClN3O3/c1-30-23-19(15-26)4-3-18(22(23)25)7-9-28-12-10-27(11-13-28)8-6-17-2-5-21-20(14-17)16-31-24(21)29/h2-5,14H,6-13,16H2,1H3. The molecule has 6 nitrogen and oxygen atoms in total. The fraction of sp³-hybridized carbons (Fsp3) is 0.417. The summed E-state index contributed by atoms with van der Waals surface area (Å²) in [5.41, 5.74) is 4.44. The Morgan fingerprint density at radius 3 is 2.48 bits per heavy atom. The zero-order valence-corrected chi connectivity index (χ0v) is 18.5. The zero-order chi connectivity index (χ0) is 21.8. The van der Waals surface area contributed by atoms with E-state index in [1.807, 2.05) is 18.2 Å². The van der Waals surface area contributed by atoms with Gasteiger partial charge in [0.1, 0.15) is 12.7 Å². The fourth-order valence-electron chi connectivity index (χ4n) is 4.22. The fourth-order valence-corrected chi connectivity index (χ4v) is 4.56. The van der Waals surface area contributed by atoms with Gasteiger partial charge in [0, 0.05) is 44.8 Å². The maximum absolute atomic E-state index is 11.6. The first-order chi connectivity index (χ1) is 15.1. The number of esters is 1. The third-order valence-electron chi connectivity index (χ3n) is 6.13. The van der Waals surface area contributed by atoms with Gasteiger partial charge >= 0.3 is 5.97 Å². The molecule has 162 valence electrons. The van der Waals surface area contributed by atoms with E-state index in [9.17, 15) is 10.1 Å². The van der Waals surface area contributed by atoms with E-state index in [1.165, 1.54) is 5.56 Å². The Bertz CT molecular complexity index is 1010. The van der Waals surface area contributed by atoms with Crippen molar-refractivity contribution in [3.8, 4) is 11.8 Å². The number of cyclic esters (lactones) is 1. The summed E-state index contributed by atoms with van der Waals surface area (Å²) in [6, 6.07) is 11.9. The lowest BCUT2D eigenvalue weighted by atomic mass is 10.0. The first kappa shape index (κ1) is 21.6. The van der Waals surface area contributed by atoms with Crippen LogP contribution in [0.3, 0.4) is 0 Å². The van der Waals surface area contributed by atoms with Crippen LogP contribution in [-0.4, -0.2) is 62.1 Å². The van der Waals surface area contributed by atoms with Crippen molar-refractivity contribution >= 4 is 17.6 Å². The van der Waals surface area contributed by atoms with Crippen molar-refractivity contribution in [2.24, 2.45) is 0 Å². The van der Waals surface area contributed by atoms with Gasteiger partial charge in [0.05, 0.1) is 23.3 Å². The van der Waals surface area contributed by atoms with E-state index in [0.717, 1.165) is 63.2 Å². The highest BCUT2D eigenvalue weighted by atomic mass is 35.5. The van der Waals surface area contributed by atoms with E-state index in [0.29, 0.717) is 28.5 Å². The maximum atomic E-state index is 11.6. The quantitative estimate of drug-likeness (QED) is 0.617. The number of nitriles is 1. The molecule has 4 rings (SSSR count). The van der Waals surface area contributed by atoms with Gasteiger partial charge in [-0.2, -0.15) is 5.26 Å². The summed E-state index contributed by atoms with van der Waals surface area (Å²) in [5.74, 6) is 0.257. The Kier molecular flexibility index (Phi) is 6.77. The molecule has 2 aliphatic rings. The summed E-state index contributed by atoms with van der Waals surface area (Å²) in [6.45, 7) is 6.47. The van der Waals surface area contributed by atoms with E-state index in [-0.39, 0.29) is 5.97 Å². The number of methoxy groups -OCH3 is 1. The number of piperazine rings is 1. The molecule has 0 radical (unpaired) electrons. The Morgan fingerprint density at radius 2 is 1.81 bits per heavy atom. The Balaban J connectivity index is 1.23. The molecule has 0 aliphatic carbocycles. The predicted octanol–water partition coefficient (Wildman–Crippen LogP) is 3.29. The number of fused-ring (bicyclic) bond motifs is 1. The smallest absolute Gasteiger partial charge is 0.338 e. The number of carbonyl (C=O) groups excluding carboxylic acids is 1. The largest absolute Gasteiger partial charge is 0.494 e. The summed E-state index contributed by atoms with van der Waals surface area (Å²) >= 11 is 6.45. The monoisotopic (exact) mass is 439 g/mol. The second kappa shape index (κ2) is 9.69. The minimum absolute atomic E-state index is 0.210. The topological polar surface area (TPSA) is 65.8 Å². The van der Waals surface area contributed by atoms with E-state index in [1.54, 1.807) is 13.2 Å². The number of carbonyl (C=O) groups is 1. The highest BCUT2D eigenvalue weighted by Crippen LogP contribution is 2.32. The molecule has 2 aromatic rings. The molecular formula is C24H26ClN3O3. The highest BCUT2D eigenvalue weighted by Gasteiger charge is 2.22. The number of hydrogen-bond donors (Lipinski definition) is 0. The number of nitrogens with zero attached hydrogens (tertiary/aromatic N) is 3. The molecule has 0 unspecified atom stereocenters. The summed E-state index contributed by atoms with van der Waals surface area (Å²) in [7, 11) is 1.54. The Hall–Kier alpha value is -2.59. The van der Waals surface area contributed by atoms with Crippen LogP contribution in [0.4, 0.5) is 0 Å². The van der Waals surface area contributed by atoms with Crippen LogP contribution in [-0.2, 0) is 24.2 Å². The van der Waals surface area contributed by atoms with E-state index >= 15 is 0 Å². The van der Waals surface area contributed by atoms with Gasteiger partial charge in [0.2, 0.25) is 0 Å². The maximum Gasteiger partial charge on any atom is 0.338 e. The van der Waals surface area contributed by atoms with Gasteiger partial charge < -0.3 is 19.3 Å². The summed E-state index contributed by atoms with van der Waals surface area (Å²) in [4.78, 5) is 16.5. The molecule has 7 heteroatoms. The summed E-state index contributed by atoms with van der Waals surface area (Å²) < 4.78 is 10.4. The molecule has 0 amide bonds. The number of hydrogen-bond acceptors (Lipinski definition) is 6. The van der Waals surface area contributed by atoms with Crippen LogP contribution in [0.2, 0.25) is 5.02 Å². The van der Waals surface area contributed by atoms with Crippen LogP contribution in [0.5, 0.6) is 5.75 Å². The lowest BCUT2D eigenvalue weighted by Crippen LogP contribution is -2.47. The Morgan fingerprint density at radius 1 is 1.10 bits per heavy atom. The number of rotatable bonds is 7. The molecule has 2 aliphatic heterocycles. The van der Waals surface area contributed by atoms with E-state index in [4.69, 9.17) is 21.1 Å². The molecule has 0 bridgehead atoms. The zero-order valence-electron chi connectivity index (χ0n) is 17.7. The lowest BCUT2D eigenvalue weighted by Gasteiger charge is -2.34. The normalized spacial score (nSPS) is 16.6. The van der Waals surface area contributed by atoms with Crippen molar-refractivity contribution in [3.05, 3.63) is 63.2 Å². The van der Waals surface area contributed by atoms with Crippen molar-refractivity contribution in [2.75, 3.05) is 46.4 Å². The van der Waals surface area contributed by atoms with Crippen LogP contribution in [0.15, 0.2) is 30.3 Å². The van der Waals surface area contributed by atoms with Crippen LogP contribution in [0, 0.1) is 11.3 Å². The molecule has 2 heterocycles. The van der Waals surface area contributed by atoms with Gasteiger partial charge in [0.25, 0.3) is 0 Å². The van der Waals surface area contributed by atoms with Crippen LogP contribution in [0.1, 0.15) is 32.6 Å². The third kappa shape index (κ3) is 4.85. The minimum Gasteiger partial charge on any atom is -0.494 e. The SMILES string of the molecule is COc1c(C#N)ccc(CCN2CCN(CCc3ccc4c(c3)COC4=O)CC2)c1Cl. The van der Waals surface area contributed by atoms with Gasteiger partial charge in [-0.05, 0) is 36.1 Å². The van der Waals surface area contributed by atoms with Crippen LogP contribution < -0.4 is 4.74 Å². The average Bonchev–Trinajstić information content (AvgIpc) is 3.17. The number of halogens is 1. The van der Waals surface area contributed by atoms with Crippen molar-refractivity contribution in [1.82, 2.24) is 9.80 Å². The van der Waals surface area contributed by atoms with Gasteiger partial charge in [-0.3, -0.25) is 0 Å². The first-order valence-corrected chi connectivity index (χ1v) is 11.0. The molecule has 0 saturated carbocycles. The number of ether oxygens (including phenoxy) is 2. The molecule has 2 aromatic carbocycles.